The molecule has 0 N–H and O–H groups in total. The predicted molar refractivity (Wildman–Crippen MR) is 170 cm³/mol. The van der Waals surface area contributed by atoms with Crippen LogP contribution in [-0.2, 0) is 0 Å². The van der Waals surface area contributed by atoms with Crippen LogP contribution in [0.1, 0.15) is 0 Å². The van der Waals surface area contributed by atoms with Gasteiger partial charge in [0.25, 0.3) is 0 Å². The predicted octanol–water partition coefficient (Wildman–Crippen LogP) is 10.2. The van der Waals surface area contributed by atoms with E-state index in [1.54, 1.807) is 0 Å². The van der Waals surface area contributed by atoms with Crippen molar-refractivity contribution in [1.29, 1.82) is 0 Å². The van der Waals surface area contributed by atoms with Crippen LogP contribution in [-0.4, -0.2) is 9.13 Å². The molecule has 0 aliphatic carbocycles. The van der Waals surface area contributed by atoms with Crippen LogP contribution in [0.3, 0.4) is 0 Å². The van der Waals surface area contributed by atoms with E-state index in [-0.39, 0.29) is 0 Å². The van der Waals surface area contributed by atoms with Crippen LogP contribution in [0, 0.1) is 0 Å². The lowest BCUT2D eigenvalue weighted by Crippen LogP contribution is -1.96. The minimum atomic E-state index is 1.18. The molecule has 0 saturated heterocycles. The van der Waals surface area contributed by atoms with Crippen molar-refractivity contribution in [2.75, 3.05) is 0 Å². The second kappa shape index (κ2) is 8.08. The average Bonchev–Trinajstić information content (AvgIpc) is 3.53. The van der Waals surface area contributed by atoms with Gasteiger partial charge in [-0.1, -0.05) is 109 Å². The molecule has 0 atom stereocenters. The Morgan fingerprint density at radius 3 is 1.85 bits per heavy atom. The quantitative estimate of drug-likeness (QED) is 0.220. The van der Waals surface area contributed by atoms with Gasteiger partial charge in [-0.15, -0.1) is 0 Å². The highest BCUT2D eigenvalue weighted by Gasteiger charge is 2.21. The lowest BCUT2D eigenvalue weighted by Gasteiger charge is -2.12. The fraction of sp³-hybridized carbons (Fsp3) is 0. The van der Waals surface area contributed by atoms with Gasteiger partial charge < -0.3 is 9.13 Å². The zero-order valence-electron chi connectivity index (χ0n) is 21.8. The van der Waals surface area contributed by atoms with Crippen LogP contribution < -0.4 is 0 Å². The van der Waals surface area contributed by atoms with E-state index >= 15 is 0 Å². The fourth-order valence-electron chi connectivity index (χ4n) is 6.76. The molecule has 0 spiro atoms. The van der Waals surface area contributed by atoms with E-state index in [0.29, 0.717) is 0 Å². The molecule has 0 unspecified atom stereocenters. The van der Waals surface area contributed by atoms with E-state index in [9.17, 15) is 0 Å². The number of rotatable bonds is 2. The Balaban J connectivity index is 1.50. The summed E-state index contributed by atoms with van der Waals surface area (Å²) in [5, 5.41) is 10.1. The van der Waals surface area contributed by atoms with Crippen molar-refractivity contribution < 1.29 is 0 Å². The first-order valence-corrected chi connectivity index (χ1v) is 13.8. The molecule has 0 bridgehead atoms. The van der Waals surface area contributed by atoms with Gasteiger partial charge in [-0.3, -0.25) is 0 Å². The van der Waals surface area contributed by atoms with E-state index in [4.69, 9.17) is 0 Å². The van der Waals surface area contributed by atoms with E-state index in [0.717, 1.165) is 0 Å². The van der Waals surface area contributed by atoms with Gasteiger partial charge >= 0.3 is 0 Å². The van der Waals surface area contributed by atoms with Crippen LogP contribution >= 0.6 is 0 Å². The number of benzene rings is 7. The molecule has 9 aromatic rings. The second-order valence-electron chi connectivity index (χ2n) is 10.6. The minimum Gasteiger partial charge on any atom is -0.309 e. The van der Waals surface area contributed by atoms with Gasteiger partial charge in [0, 0.05) is 32.6 Å². The number of fused-ring (bicyclic) bond motifs is 9. The Morgan fingerprint density at radius 2 is 1.00 bits per heavy atom. The summed E-state index contributed by atoms with van der Waals surface area (Å²) in [5.41, 5.74) is 7.30. The Hall–Kier alpha value is -5.34. The molecule has 0 saturated carbocycles. The summed E-state index contributed by atoms with van der Waals surface area (Å²) in [6.45, 7) is 0. The molecule has 9 rings (SSSR count). The summed E-state index contributed by atoms with van der Waals surface area (Å²) >= 11 is 0. The summed E-state index contributed by atoms with van der Waals surface area (Å²) in [5.74, 6) is 0. The maximum absolute atomic E-state index is 2.47. The molecule has 0 fully saturated rings. The van der Waals surface area contributed by atoms with Crippen molar-refractivity contribution in [2.24, 2.45) is 0 Å². The van der Waals surface area contributed by atoms with E-state index < -0.39 is 0 Å². The largest absolute Gasteiger partial charge is 0.309 e. The number of hydrogen-bond donors (Lipinski definition) is 0. The maximum Gasteiger partial charge on any atom is 0.0641 e. The molecule has 0 radical (unpaired) electrons. The summed E-state index contributed by atoms with van der Waals surface area (Å²) in [6.07, 6.45) is 0. The van der Waals surface area contributed by atoms with E-state index in [1.807, 2.05) is 0 Å². The van der Waals surface area contributed by atoms with Crippen LogP contribution in [0.4, 0.5) is 0 Å². The van der Waals surface area contributed by atoms with Gasteiger partial charge in [0.05, 0.1) is 27.8 Å². The van der Waals surface area contributed by atoms with Crippen molar-refractivity contribution in [3.8, 4) is 11.4 Å². The molecule has 40 heavy (non-hydrogen) atoms. The summed E-state index contributed by atoms with van der Waals surface area (Å²) in [6, 6.07) is 53.0. The van der Waals surface area contributed by atoms with Crippen LogP contribution in [0.25, 0.3) is 76.5 Å². The standard InChI is InChI=1S/C38H24N2/c1-2-12-27-24-28(21-20-25(27)10-1)39-34-17-7-5-15-30(34)31-22-23-36-37(38(31)39)32-16-6-8-18-35(32)40(36)33-19-9-13-26-11-3-4-14-29(26)33/h1-24H. The third-order valence-corrected chi connectivity index (χ3v) is 8.47. The molecular formula is C38H24N2. The number of para-hydroxylation sites is 2. The van der Waals surface area contributed by atoms with Crippen molar-refractivity contribution in [3.63, 3.8) is 0 Å². The Labute approximate surface area is 230 Å². The number of aromatic nitrogens is 2. The molecule has 186 valence electrons. The lowest BCUT2D eigenvalue weighted by molar-refractivity contribution is 1.19. The smallest absolute Gasteiger partial charge is 0.0641 e. The first-order valence-electron chi connectivity index (χ1n) is 13.8. The first-order chi connectivity index (χ1) is 19.9. The SMILES string of the molecule is c1ccc2cc(-n3c4ccccc4c4ccc5c(c6ccccc6n5-c5cccc6ccccc56)c43)ccc2c1. The highest BCUT2D eigenvalue weighted by molar-refractivity contribution is 6.26. The highest BCUT2D eigenvalue weighted by atomic mass is 15.0. The molecule has 0 aliphatic rings. The monoisotopic (exact) mass is 508 g/mol. The Morgan fingerprint density at radius 1 is 0.350 bits per heavy atom. The molecule has 2 heterocycles. The van der Waals surface area contributed by atoms with Gasteiger partial charge in [0.1, 0.15) is 0 Å². The topological polar surface area (TPSA) is 9.86 Å². The van der Waals surface area contributed by atoms with Gasteiger partial charge in [0.15, 0.2) is 0 Å². The Bertz CT molecular complexity index is 2430. The van der Waals surface area contributed by atoms with Crippen molar-refractivity contribution >= 4 is 65.2 Å². The van der Waals surface area contributed by atoms with Crippen molar-refractivity contribution in [1.82, 2.24) is 9.13 Å². The zero-order chi connectivity index (χ0) is 26.2. The minimum absolute atomic E-state index is 1.18. The van der Waals surface area contributed by atoms with E-state index in [1.165, 1.54) is 76.5 Å². The lowest BCUT2D eigenvalue weighted by atomic mass is 10.1. The van der Waals surface area contributed by atoms with Gasteiger partial charge in [-0.2, -0.15) is 0 Å². The molecule has 7 aromatic carbocycles. The molecular weight excluding hydrogens is 484 g/mol. The van der Waals surface area contributed by atoms with Gasteiger partial charge in [-0.05, 0) is 52.6 Å². The van der Waals surface area contributed by atoms with Gasteiger partial charge in [0.2, 0.25) is 0 Å². The van der Waals surface area contributed by atoms with Gasteiger partial charge in [-0.25, -0.2) is 0 Å². The normalized spacial score (nSPS) is 12.0. The average molecular weight is 509 g/mol. The van der Waals surface area contributed by atoms with Crippen molar-refractivity contribution in [2.45, 2.75) is 0 Å². The summed E-state index contributed by atoms with van der Waals surface area (Å²) in [4.78, 5) is 0. The third-order valence-electron chi connectivity index (χ3n) is 8.47. The number of nitrogens with zero attached hydrogens (tertiary/aromatic N) is 2. The highest BCUT2D eigenvalue weighted by Crippen LogP contribution is 2.42. The number of hydrogen-bond acceptors (Lipinski definition) is 0. The first kappa shape index (κ1) is 21.6. The van der Waals surface area contributed by atoms with Crippen molar-refractivity contribution in [3.05, 3.63) is 146 Å². The molecule has 2 aromatic heterocycles. The summed E-state index contributed by atoms with van der Waals surface area (Å²) in [7, 11) is 0. The van der Waals surface area contributed by atoms with Crippen LogP contribution in [0.5, 0.6) is 0 Å². The zero-order valence-corrected chi connectivity index (χ0v) is 21.8. The molecule has 0 amide bonds. The second-order valence-corrected chi connectivity index (χ2v) is 10.6. The van der Waals surface area contributed by atoms with E-state index in [2.05, 4.69) is 155 Å². The molecule has 2 heteroatoms. The van der Waals surface area contributed by atoms with Crippen LogP contribution in [0.15, 0.2) is 146 Å². The maximum atomic E-state index is 2.47. The fourth-order valence-corrected chi connectivity index (χ4v) is 6.76. The third kappa shape index (κ3) is 2.88. The summed E-state index contributed by atoms with van der Waals surface area (Å²) < 4.78 is 4.92. The molecule has 0 aliphatic heterocycles. The Kier molecular flexibility index (Phi) is 4.36. The van der Waals surface area contributed by atoms with Crippen LogP contribution in [0.2, 0.25) is 0 Å². The molecule has 2 nitrogen and oxygen atoms in total.